The number of nitrogens with two attached hydrogens (primary N) is 1. The zero-order valence-corrected chi connectivity index (χ0v) is 9.97. The van der Waals surface area contributed by atoms with Crippen molar-refractivity contribution in [3.05, 3.63) is 59.0 Å². The van der Waals surface area contributed by atoms with Crippen molar-refractivity contribution >= 4 is 11.6 Å². The van der Waals surface area contributed by atoms with E-state index in [1.54, 1.807) is 12.1 Å². The lowest BCUT2D eigenvalue weighted by Gasteiger charge is -2.21. The Morgan fingerprint density at radius 1 is 1.29 bits per heavy atom. The fraction of sp³-hybridized carbons (Fsp3) is 0.231. The number of furan rings is 1. The van der Waals surface area contributed by atoms with Gasteiger partial charge in [0.25, 0.3) is 0 Å². The molecule has 1 aromatic carbocycles. The predicted molar refractivity (Wildman–Crippen MR) is 66.9 cm³/mol. The highest BCUT2D eigenvalue weighted by molar-refractivity contribution is 6.30. The minimum absolute atomic E-state index is 0.189. The van der Waals surface area contributed by atoms with Crippen molar-refractivity contribution in [3.8, 4) is 0 Å². The molecule has 0 radical (unpaired) electrons. The maximum atomic E-state index is 10.2. The van der Waals surface area contributed by atoms with Crippen LogP contribution < -0.4 is 5.73 Å². The average Bonchev–Trinajstić information content (AvgIpc) is 2.83. The number of hydrogen-bond acceptors (Lipinski definition) is 3. The summed E-state index contributed by atoms with van der Waals surface area (Å²) >= 11 is 5.93. The molecule has 0 bridgehead atoms. The zero-order valence-electron chi connectivity index (χ0n) is 9.21. The van der Waals surface area contributed by atoms with Crippen LogP contribution in [-0.2, 0) is 0 Å². The Hall–Kier alpha value is -1.29. The third-order valence-corrected chi connectivity index (χ3v) is 3.03. The van der Waals surface area contributed by atoms with E-state index in [0.717, 1.165) is 11.1 Å². The summed E-state index contributed by atoms with van der Waals surface area (Å²) in [6, 6.07) is 9.11. The van der Waals surface area contributed by atoms with Crippen molar-refractivity contribution in [3.63, 3.8) is 0 Å². The molecule has 0 fully saturated rings. The summed E-state index contributed by atoms with van der Waals surface area (Å²) in [5, 5.41) is 10.9. The normalized spacial score (nSPS) is 14.5. The lowest BCUT2D eigenvalue weighted by molar-refractivity contribution is 0.146. The van der Waals surface area contributed by atoms with Crippen molar-refractivity contribution in [2.75, 3.05) is 6.54 Å². The third-order valence-electron chi connectivity index (χ3n) is 2.80. The first-order chi connectivity index (χ1) is 8.22. The second-order valence-electron chi connectivity index (χ2n) is 3.90. The molecule has 1 heterocycles. The number of hydrogen-bond donors (Lipinski definition) is 2. The summed E-state index contributed by atoms with van der Waals surface area (Å²) in [7, 11) is 0. The molecule has 3 nitrogen and oxygen atoms in total. The molecular formula is C13H14ClNO2. The van der Waals surface area contributed by atoms with Crippen LogP contribution in [0.1, 0.15) is 23.1 Å². The van der Waals surface area contributed by atoms with E-state index in [9.17, 15) is 5.11 Å². The van der Waals surface area contributed by atoms with Crippen LogP contribution in [0, 0.1) is 0 Å². The highest BCUT2D eigenvalue weighted by Crippen LogP contribution is 2.31. The molecule has 0 saturated carbocycles. The van der Waals surface area contributed by atoms with Crippen LogP contribution in [0.5, 0.6) is 0 Å². The Balaban J connectivity index is 2.27. The lowest BCUT2D eigenvalue weighted by atomic mass is 9.90. The molecule has 4 heteroatoms. The van der Waals surface area contributed by atoms with E-state index in [0.29, 0.717) is 11.6 Å². The largest absolute Gasteiger partial charge is 0.472 e. The van der Waals surface area contributed by atoms with Crippen LogP contribution in [0.15, 0.2) is 47.3 Å². The van der Waals surface area contributed by atoms with Crippen LogP contribution in [0.3, 0.4) is 0 Å². The van der Waals surface area contributed by atoms with E-state index in [1.807, 2.05) is 18.2 Å². The Morgan fingerprint density at radius 3 is 2.71 bits per heavy atom. The SMILES string of the molecule is NCC(c1cccc(Cl)c1)C(O)c1ccoc1. The van der Waals surface area contributed by atoms with Crippen LogP contribution >= 0.6 is 11.6 Å². The molecule has 2 rings (SSSR count). The Labute approximate surface area is 105 Å². The zero-order chi connectivity index (χ0) is 12.3. The molecule has 0 saturated heterocycles. The van der Waals surface area contributed by atoms with Gasteiger partial charge in [0.15, 0.2) is 0 Å². The standard InChI is InChI=1S/C13H14ClNO2/c14-11-3-1-2-9(6-11)12(7-15)13(16)10-4-5-17-8-10/h1-6,8,12-13,16H,7,15H2. The number of rotatable bonds is 4. The Morgan fingerprint density at radius 2 is 2.12 bits per heavy atom. The first kappa shape index (κ1) is 12.2. The minimum Gasteiger partial charge on any atom is -0.472 e. The quantitative estimate of drug-likeness (QED) is 0.878. The Bertz CT molecular complexity index is 470. The van der Waals surface area contributed by atoms with E-state index in [-0.39, 0.29) is 5.92 Å². The van der Waals surface area contributed by atoms with Crippen LogP contribution in [-0.4, -0.2) is 11.7 Å². The van der Waals surface area contributed by atoms with Gasteiger partial charge in [-0.3, -0.25) is 0 Å². The van der Waals surface area contributed by atoms with Gasteiger partial charge >= 0.3 is 0 Å². The highest BCUT2D eigenvalue weighted by Gasteiger charge is 2.22. The molecule has 90 valence electrons. The molecular weight excluding hydrogens is 238 g/mol. The second kappa shape index (κ2) is 5.36. The van der Waals surface area contributed by atoms with Crippen molar-refractivity contribution < 1.29 is 9.52 Å². The van der Waals surface area contributed by atoms with Gasteiger partial charge in [-0.25, -0.2) is 0 Å². The van der Waals surface area contributed by atoms with Gasteiger partial charge in [0.05, 0.1) is 18.6 Å². The van der Waals surface area contributed by atoms with Gasteiger partial charge in [-0.15, -0.1) is 0 Å². The van der Waals surface area contributed by atoms with Gasteiger partial charge in [0, 0.05) is 23.0 Å². The molecule has 0 aliphatic carbocycles. The molecule has 0 aliphatic heterocycles. The summed E-state index contributed by atoms with van der Waals surface area (Å²) in [4.78, 5) is 0. The number of halogens is 1. The first-order valence-corrected chi connectivity index (χ1v) is 5.76. The predicted octanol–water partition coefficient (Wildman–Crippen LogP) is 2.71. The van der Waals surface area contributed by atoms with Gasteiger partial charge in [0.1, 0.15) is 0 Å². The highest BCUT2D eigenvalue weighted by atomic mass is 35.5. The summed E-state index contributed by atoms with van der Waals surface area (Å²) in [6.07, 6.45) is 2.37. The topological polar surface area (TPSA) is 59.4 Å². The van der Waals surface area contributed by atoms with Crippen molar-refractivity contribution in [2.45, 2.75) is 12.0 Å². The molecule has 2 atom stereocenters. The number of benzene rings is 1. The van der Waals surface area contributed by atoms with Crippen molar-refractivity contribution in [1.29, 1.82) is 0 Å². The second-order valence-corrected chi connectivity index (χ2v) is 4.34. The summed E-state index contributed by atoms with van der Waals surface area (Å²) in [5.41, 5.74) is 7.38. The molecule has 2 unspecified atom stereocenters. The molecule has 0 spiro atoms. The number of aliphatic hydroxyl groups is 1. The van der Waals surface area contributed by atoms with E-state index >= 15 is 0 Å². The fourth-order valence-corrected chi connectivity index (χ4v) is 2.06. The molecule has 1 aromatic heterocycles. The molecule has 2 aromatic rings. The fourth-order valence-electron chi connectivity index (χ4n) is 1.86. The maximum Gasteiger partial charge on any atom is 0.0960 e. The van der Waals surface area contributed by atoms with Gasteiger partial charge < -0.3 is 15.3 Å². The summed E-state index contributed by atoms with van der Waals surface area (Å²) < 4.78 is 4.96. The van der Waals surface area contributed by atoms with Gasteiger partial charge in [0.2, 0.25) is 0 Å². The van der Waals surface area contributed by atoms with Crippen molar-refractivity contribution in [1.82, 2.24) is 0 Å². The molecule has 3 N–H and O–H groups in total. The molecule has 0 amide bonds. The van der Waals surface area contributed by atoms with E-state index in [4.69, 9.17) is 21.8 Å². The molecule has 17 heavy (non-hydrogen) atoms. The van der Waals surface area contributed by atoms with Crippen LogP contribution in [0.2, 0.25) is 5.02 Å². The molecule has 0 aliphatic rings. The van der Waals surface area contributed by atoms with E-state index in [2.05, 4.69) is 0 Å². The summed E-state index contributed by atoms with van der Waals surface area (Å²) in [6.45, 7) is 0.340. The Kier molecular flexibility index (Phi) is 3.84. The van der Waals surface area contributed by atoms with E-state index in [1.165, 1.54) is 12.5 Å². The van der Waals surface area contributed by atoms with Crippen LogP contribution in [0.25, 0.3) is 0 Å². The average molecular weight is 252 g/mol. The third kappa shape index (κ3) is 2.69. The smallest absolute Gasteiger partial charge is 0.0960 e. The summed E-state index contributed by atoms with van der Waals surface area (Å²) in [5.74, 6) is -0.189. The first-order valence-electron chi connectivity index (χ1n) is 5.38. The van der Waals surface area contributed by atoms with Crippen molar-refractivity contribution in [2.24, 2.45) is 5.73 Å². The lowest BCUT2D eigenvalue weighted by Crippen LogP contribution is -2.19. The van der Waals surface area contributed by atoms with Crippen LogP contribution in [0.4, 0.5) is 0 Å². The van der Waals surface area contributed by atoms with Gasteiger partial charge in [-0.05, 0) is 23.8 Å². The van der Waals surface area contributed by atoms with Gasteiger partial charge in [-0.2, -0.15) is 0 Å². The van der Waals surface area contributed by atoms with Gasteiger partial charge in [-0.1, -0.05) is 23.7 Å². The maximum absolute atomic E-state index is 10.2. The van der Waals surface area contributed by atoms with E-state index < -0.39 is 6.10 Å². The minimum atomic E-state index is -0.683. The number of aliphatic hydroxyl groups excluding tert-OH is 1. The monoisotopic (exact) mass is 251 g/mol.